The van der Waals surface area contributed by atoms with Gasteiger partial charge in [0.2, 0.25) is 6.71 Å². The van der Waals surface area contributed by atoms with E-state index in [9.17, 15) is 0 Å². The zero-order valence-electron chi connectivity index (χ0n) is 28.1. The van der Waals surface area contributed by atoms with Gasteiger partial charge >= 0.3 is 0 Å². The average molecular weight is 604 g/mol. The van der Waals surface area contributed by atoms with Gasteiger partial charge in [-0.05, 0) is 63.3 Å². The Hall–Kier alpha value is -5.21. The highest BCUT2D eigenvalue weighted by atomic mass is 14.7. The third-order valence-corrected chi connectivity index (χ3v) is 10.2. The van der Waals surface area contributed by atoms with Gasteiger partial charge in [-0.1, -0.05) is 171 Å². The Balaban J connectivity index is 1.54. The molecule has 0 fully saturated rings. The lowest BCUT2D eigenvalue weighted by Gasteiger charge is -2.26. The van der Waals surface area contributed by atoms with Crippen molar-refractivity contribution in [2.24, 2.45) is 0 Å². The summed E-state index contributed by atoms with van der Waals surface area (Å²) in [5, 5.41) is 8.56. The molecule has 226 valence electrons. The van der Waals surface area contributed by atoms with Crippen LogP contribution < -0.4 is 16.4 Å². The van der Waals surface area contributed by atoms with Gasteiger partial charge in [-0.3, -0.25) is 0 Å². The second-order valence-corrected chi connectivity index (χ2v) is 13.5. The Kier molecular flexibility index (Phi) is 6.99. The summed E-state index contributed by atoms with van der Waals surface area (Å²) in [7, 11) is 0. The fraction of sp³-hybridized carbons (Fsp3) is 0.133. The molecule has 0 amide bonds. The van der Waals surface area contributed by atoms with Gasteiger partial charge in [-0.15, -0.1) is 0 Å². The minimum Gasteiger partial charge on any atom is -0.246 e. The highest BCUT2D eigenvalue weighted by Crippen LogP contribution is 2.39. The lowest BCUT2D eigenvalue weighted by Crippen LogP contribution is -2.56. The molecule has 0 unspecified atom stereocenters. The van der Waals surface area contributed by atoms with Gasteiger partial charge in [0.1, 0.15) is 0 Å². The number of benzene rings is 7. The van der Waals surface area contributed by atoms with Crippen LogP contribution in [0.3, 0.4) is 0 Å². The Labute approximate surface area is 278 Å². The van der Waals surface area contributed by atoms with E-state index in [-0.39, 0.29) is 6.71 Å². The van der Waals surface area contributed by atoms with E-state index in [0.29, 0.717) is 0 Å². The number of aryl methyl sites for hydroxylation is 6. The van der Waals surface area contributed by atoms with E-state index in [1.54, 1.807) is 0 Å². The zero-order valence-corrected chi connectivity index (χ0v) is 28.1. The van der Waals surface area contributed by atoms with Crippen LogP contribution in [-0.2, 0) is 0 Å². The highest BCUT2D eigenvalue weighted by Gasteiger charge is 2.31. The van der Waals surface area contributed by atoms with E-state index >= 15 is 0 Å². The van der Waals surface area contributed by atoms with Gasteiger partial charge in [0, 0.05) is 21.5 Å². The molecule has 1 aromatic heterocycles. The molecule has 0 aliphatic carbocycles. The van der Waals surface area contributed by atoms with Crippen molar-refractivity contribution in [1.82, 2.24) is 4.98 Å². The molecule has 0 aliphatic heterocycles. The number of aromatic nitrogens is 1. The van der Waals surface area contributed by atoms with Crippen molar-refractivity contribution in [3.8, 4) is 11.3 Å². The summed E-state index contributed by atoms with van der Waals surface area (Å²) in [5.74, 6) is 0. The summed E-state index contributed by atoms with van der Waals surface area (Å²) < 4.78 is 0. The fourth-order valence-corrected chi connectivity index (χ4v) is 8.43. The SMILES string of the molecule is Cc1cc(C)c(B(c2ccccc2-c2nc3c4ccccc4ccc3c3c2ccc2ccccc23)c2c(C)cc(C)cc2C)c(C)c1. The summed E-state index contributed by atoms with van der Waals surface area (Å²) in [6.45, 7) is 13.6. The third kappa shape index (κ3) is 4.74. The molecule has 0 bridgehead atoms. The van der Waals surface area contributed by atoms with Crippen molar-refractivity contribution < 1.29 is 0 Å². The van der Waals surface area contributed by atoms with Crippen LogP contribution in [0.2, 0.25) is 0 Å². The second-order valence-electron chi connectivity index (χ2n) is 13.5. The molecular formula is C45H38BN. The Morgan fingerprint density at radius 2 is 0.936 bits per heavy atom. The van der Waals surface area contributed by atoms with Crippen LogP contribution in [0, 0.1) is 41.5 Å². The van der Waals surface area contributed by atoms with Crippen LogP contribution in [0.15, 0.2) is 121 Å². The summed E-state index contributed by atoms with van der Waals surface area (Å²) in [4.78, 5) is 5.66. The normalized spacial score (nSPS) is 11.6. The van der Waals surface area contributed by atoms with Crippen LogP contribution in [0.25, 0.3) is 54.5 Å². The number of hydrogen-bond acceptors (Lipinski definition) is 1. The minimum absolute atomic E-state index is 0.0490. The molecule has 8 rings (SSSR count). The number of nitrogens with zero attached hydrogens (tertiary/aromatic N) is 1. The molecule has 0 radical (unpaired) electrons. The first-order chi connectivity index (χ1) is 22.8. The third-order valence-electron chi connectivity index (χ3n) is 10.2. The topological polar surface area (TPSA) is 12.9 Å². The van der Waals surface area contributed by atoms with E-state index in [1.165, 1.54) is 93.0 Å². The molecule has 0 saturated heterocycles. The monoisotopic (exact) mass is 603 g/mol. The summed E-state index contributed by atoms with van der Waals surface area (Å²) >= 11 is 0. The maximum atomic E-state index is 5.66. The summed E-state index contributed by atoms with van der Waals surface area (Å²) in [5.41, 5.74) is 15.3. The standard InChI is InChI=1S/C45H38BN/c1-27-23-29(3)42(30(4)24-27)46(43-31(5)25-28(2)26-32(43)6)40-18-12-11-17-37(40)45-39-21-19-33-13-7-9-15-35(33)41(39)38-22-20-34-14-8-10-16-36(34)44(38)47-45/h7-26H,1-6H3. The average Bonchev–Trinajstić information content (AvgIpc) is 3.06. The zero-order chi connectivity index (χ0) is 32.4. The molecule has 0 atom stereocenters. The number of hydrogen-bond donors (Lipinski definition) is 0. The van der Waals surface area contributed by atoms with E-state index in [0.717, 1.165) is 11.2 Å². The smallest absolute Gasteiger partial charge is 0.243 e. The van der Waals surface area contributed by atoms with Gasteiger partial charge in [-0.25, -0.2) is 4.98 Å². The molecule has 47 heavy (non-hydrogen) atoms. The Morgan fingerprint density at radius 3 is 1.55 bits per heavy atom. The van der Waals surface area contributed by atoms with Crippen molar-refractivity contribution in [2.45, 2.75) is 41.5 Å². The van der Waals surface area contributed by atoms with E-state index in [1.807, 2.05) is 0 Å². The second kappa shape index (κ2) is 11.2. The van der Waals surface area contributed by atoms with Crippen molar-refractivity contribution in [2.75, 3.05) is 0 Å². The molecule has 1 heterocycles. The van der Waals surface area contributed by atoms with Gasteiger partial charge in [0.25, 0.3) is 0 Å². The van der Waals surface area contributed by atoms with Crippen LogP contribution in [0.5, 0.6) is 0 Å². The van der Waals surface area contributed by atoms with Crippen LogP contribution >= 0.6 is 0 Å². The fourth-order valence-electron chi connectivity index (χ4n) is 8.43. The molecule has 7 aromatic carbocycles. The van der Waals surface area contributed by atoms with E-state index in [2.05, 4.69) is 163 Å². The largest absolute Gasteiger partial charge is 0.246 e. The number of rotatable bonds is 4. The van der Waals surface area contributed by atoms with Gasteiger partial charge in [0.15, 0.2) is 0 Å². The van der Waals surface area contributed by atoms with Crippen LogP contribution in [0.4, 0.5) is 0 Å². The summed E-state index contributed by atoms with van der Waals surface area (Å²) in [6.07, 6.45) is 0. The molecule has 0 aliphatic rings. The van der Waals surface area contributed by atoms with Gasteiger partial charge < -0.3 is 0 Å². The van der Waals surface area contributed by atoms with Crippen molar-refractivity contribution >= 4 is 66.3 Å². The predicted molar refractivity (Wildman–Crippen MR) is 206 cm³/mol. The molecular weight excluding hydrogens is 565 g/mol. The van der Waals surface area contributed by atoms with E-state index < -0.39 is 0 Å². The van der Waals surface area contributed by atoms with Crippen molar-refractivity contribution in [3.05, 3.63) is 155 Å². The quantitative estimate of drug-likeness (QED) is 0.144. The maximum absolute atomic E-state index is 5.66. The maximum Gasteiger partial charge on any atom is 0.243 e. The molecule has 2 heteroatoms. The van der Waals surface area contributed by atoms with Gasteiger partial charge in [-0.2, -0.15) is 0 Å². The Bertz CT molecular complexity index is 2440. The van der Waals surface area contributed by atoms with Crippen molar-refractivity contribution in [3.63, 3.8) is 0 Å². The first-order valence-electron chi connectivity index (χ1n) is 16.7. The first kappa shape index (κ1) is 29.2. The van der Waals surface area contributed by atoms with Gasteiger partial charge in [0.05, 0.1) is 11.2 Å². The van der Waals surface area contributed by atoms with E-state index in [4.69, 9.17) is 4.98 Å². The first-order valence-corrected chi connectivity index (χ1v) is 16.7. The molecule has 0 saturated carbocycles. The summed E-state index contributed by atoms with van der Waals surface area (Å²) in [6, 6.07) is 44.9. The highest BCUT2D eigenvalue weighted by molar-refractivity contribution is 6.97. The minimum atomic E-state index is 0.0490. The lowest BCUT2D eigenvalue weighted by atomic mass is 9.33. The Morgan fingerprint density at radius 1 is 0.447 bits per heavy atom. The van der Waals surface area contributed by atoms with Crippen LogP contribution in [-0.4, -0.2) is 11.7 Å². The molecule has 0 spiro atoms. The molecule has 1 nitrogen and oxygen atoms in total. The number of fused-ring (bicyclic) bond motifs is 7. The predicted octanol–water partition coefficient (Wildman–Crippen LogP) is 9.73. The lowest BCUT2D eigenvalue weighted by molar-refractivity contribution is 1.34. The molecule has 0 N–H and O–H groups in total. The van der Waals surface area contributed by atoms with Crippen LogP contribution in [0.1, 0.15) is 33.4 Å². The molecule has 8 aromatic rings. The number of pyridine rings is 1. The van der Waals surface area contributed by atoms with Crippen molar-refractivity contribution in [1.29, 1.82) is 0 Å².